The topological polar surface area (TPSA) is 105 Å². The summed E-state index contributed by atoms with van der Waals surface area (Å²) in [5.41, 5.74) is -0.860. The fourth-order valence-corrected chi connectivity index (χ4v) is 4.64. The number of carboxylic acid groups (broad SMARTS) is 1. The van der Waals surface area contributed by atoms with Gasteiger partial charge in [-0.2, -0.15) is 0 Å². The monoisotopic (exact) mass is 424 g/mol. The van der Waals surface area contributed by atoms with Crippen LogP contribution in [0.15, 0.2) is 22.7 Å². The molecule has 2 fully saturated rings. The Labute approximate surface area is 159 Å². The van der Waals surface area contributed by atoms with Gasteiger partial charge in [-0.1, -0.05) is 29.8 Å². The van der Waals surface area contributed by atoms with Crippen LogP contribution in [-0.4, -0.2) is 35.5 Å². The highest BCUT2D eigenvalue weighted by Crippen LogP contribution is 2.50. The Morgan fingerprint density at radius 1 is 1.35 bits per heavy atom. The molecule has 0 aliphatic carbocycles. The van der Waals surface area contributed by atoms with E-state index in [4.69, 9.17) is 4.74 Å². The van der Waals surface area contributed by atoms with Crippen LogP contribution < -0.4 is 15.4 Å². The number of amides is 2. The number of carbonyl (C=O) groups is 3. The third kappa shape index (κ3) is 2.81. The van der Waals surface area contributed by atoms with Gasteiger partial charge >= 0.3 is 5.97 Å². The van der Waals surface area contributed by atoms with Gasteiger partial charge in [-0.05, 0) is 30.5 Å². The zero-order valence-corrected chi connectivity index (χ0v) is 16.3. The van der Waals surface area contributed by atoms with Crippen molar-refractivity contribution in [3.05, 3.63) is 28.2 Å². The largest absolute Gasteiger partial charge is 0.496 e. The Bertz CT molecular complexity index is 781. The van der Waals surface area contributed by atoms with Crippen LogP contribution in [-0.2, 0) is 14.4 Å². The molecule has 3 rings (SSSR count). The number of halogens is 1. The van der Waals surface area contributed by atoms with Crippen molar-refractivity contribution in [3.8, 4) is 5.75 Å². The lowest BCUT2D eigenvalue weighted by Crippen LogP contribution is -2.56. The molecule has 140 valence electrons. The van der Waals surface area contributed by atoms with E-state index in [1.807, 2.05) is 13.8 Å². The molecule has 0 radical (unpaired) electrons. The predicted molar refractivity (Wildman–Crippen MR) is 96.5 cm³/mol. The first kappa shape index (κ1) is 18.8. The third-order valence-corrected chi connectivity index (χ3v) is 5.63. The summed E-state index contributed by atoms with van der Waals surface area (Å²) in [4.78, 5) is 37.3. The molecule has 26 heavy (non-hydrogen) atoms. The highest BCUT2D eigenvalue weighted by Gasteiger charge is 2.66. The van der Waals surface area contributed by atoms with Crippen molar-refractivity contribution in [1.29, 1.82) is 0 Å². The lowest BCUT2D eigenvalue weighted by atomic mass is 9.75. The molecular weight excluding hydrogens is 404 g/mol. The number of aliphatic carboxylic acids is 1. The summed E-state index contributed by atoms with van der Waals surface area (Å²) in [5.74, 6) is -3.33. The Balaban J connectivity index is 2.17. The second-order valence-electron chi connectivity index (χ2n) is 7.24. The Hall–Kier alpha value is -1.93. The van der Waals surface area contributed by atoms with Crippen LogP contribution >= 0.6 is 15.9 Å². The molecule has 1 aromatic rings. The number of hydrogen-bond acceptors (Lipinski definition) is 5. The standard InChI is InChI=1S/C18H21BrN2O5/c1-8(2)7-18(17(24)25)13-12(15(22)20-16(13)23)14(21-18)10-6-9(19)4-5-11(10)26-3/h4-6,8,12-14,21H,7H2,1-3H3,(H,24,25)(H,20,22,23). The summed E-state index contributed by atoms with van der Waals surface area (Å²) in [7, 11) is 1.51. The molecule has 0 saturated carbocycles. The summed E-state index contributed by atoms with van der Waals surface area (Å²) >= 11 is 3.40. The number of hydrogen-bond donors (Lipinski definition) is 3. The van der Waals surface area contributed by atoms with Crippen molar-refractivity contribution in [2.24, 2.45) is 17.8 Å². The minimum atomic E-state index is -1.51. The van der Waals surface area contributed by atoms with Gasteiger partial charge in [-0.3, -0.25) is 25.0 Å². The summed E-state index contributed by atoms with van der Waals surface area (Å²) < 4.78 is 6.18. The van der Waals surface area contributed by atoms with Crippen molar-refractivity contribution in [3.63, 3.8) is 0 Å². The maximum Gasteiger partial charge on any atom is 0.324 e. The van der Waals surface area contributed by atoms with Gasteiger partial charge in [0.15, 0.2) is 0 Å². The Kier molecular flexibility index (Phi) is 4.83. The molecule has 2 aliphatic heterocycles. The summed E-state index contributed by atoms with van der Waals surface area (Å²) in [5, 5.41) is 15.5. The van der Waals surface area contributed by atoms with E-state index in [0.717, 1.165) is 4.47 Å². The number of ether oxygens (including phenoxy) is 1. The third-order valence-electron chi connectivity index (χ3n) is 5.13. The molecule has 2 heterocycles. The molecule has 4 unspecified atom stereocenters. The van der Waals surface area contributed by atoms with E-state index in [2.05, 4.69) is 26.6 Å². The molecule has 4 atom stereocenters. The Morgan fingerprint density at radius 3 is 2.62 bits per heavy atom. The normalized spacial score (nSPS) is 30.4. The van der Waals surface area contributed by atoms with Gasteiger partial charge in [0.05, 0.1) is 18.9 Å². The summed E-state index contributed by atoms with van der Waals surface area (Å²) in [6, 6.07) is 4.69. The van der Waals surface area contributed by atoms with E-state index in [1.165, 1.54) is 7.11 Å². The van der Waals surface area contributed by atoms with Gasteiger partial charge in [0, 0.05) is 16.1 Å². The molecule has 0 aromatic heterocycles. The first-order valence-corrected chi connectivity index (χ1v) is 9.19. The minimum absolute atomic E-state index is 0.0194. The SMILES string of the molecule is COc1ccc(Br)cc1C1NC(CC(C)C)(C(=O)O)C2C(=O)NC(=O)C12. The molecule has 8 heteroatoms. The highest BCUT2D eigenvalue weighted by molar-refractivity contribution is 9.10. The van der Waals surface area contributed by atoms with Crippen LogP contribution in [0.3, 0.4) is 0 Å². The number of rotatable bonds is 5. The molecule has 7 nitrogen and oxygen atoms in total. The number of carbonyl (C=O) groups excluding carboxylic acids is 2. The zero-order chi connectivity index (χ0) is 19.2. The van der Waals surface area contributed by atoms with Crippen LogP contribution in [0, 0.1) is 17.8 Å². The van der Waals surface area contributed by atoms with Crippen molar-refractivity contribution in [1.82, 2.24) is 10.6 Å². The summed E-state index contributed by atoms with van der Waals surface area (Å²) in [6.07, 6.45) is 0.233. The minimum Gasteiger partial charge on any atom is -0.496 e. The maximum atomic E-state index is 12.5. The van der Waals surface area contributed by atoms with E-state index < -0.39 is 41.2 Å². The average Bonchev–Trinajstić information content (AvgIpc) is 3.04. The van der Waals surface area contributed by atoms with E-state index in [1.54, 1.807) is 18.2 Å². The molecule has 2 amide bonds. The maximum absolute atomic E-state index is 12.5. The van der Waals surface area contributed by atoms with Crippen molar-refractivity contribution in [2.45, 2.75) is 31.8 Å². The molecule has 0 spiro atoms. The number of benzene rings is 1. The van der Waals surface area contributed by atoms with Gasteiger partial charge in [0.1, 0.15) is 11.3 Å². The quantitative estimate of drug-likeness (QED) is 0.623. The Morgan fingerprint density at radius 2 is 2.04 bits per heavy atom. The van der Waals surface area contributed by atoms with E-state index in [0.29, 0.717) is 11.3 Å². The molecule has 1 aromatic carbocycles. The van der Waals surface area contributed by atoms with Crippen molar-refractivity contribution >= 4 is 33.7 Å². The van der Waals surface area contributed by atoms with Gasteiger partial charge in [-0.25, -0.2) is 0 Å². The molecule has 2 aliphatic rings. The van der Waals surface area contributed by atoms with Crippen LogP contribution in [0.5, 0.6) is 5.75 Å². The van der Waals surface area contributed by atoms with Crippen LogP contribution in [0.1, 0.15) is 31.9 Å². The van der Waals surface area contributed by atoms with Gasteiger partial charge < -0.3 is 9.84 Å². The van der Waals surface area contributed by atoms with Crippen molar-refractivity contribution < 1.29 is 24.2 Å². The van der Waals surface area contributed by atoms with Crippen molar-refractivity contribution in [2.75, 3.05) is 7.11 Å². The smallest absolute Gasteiger partial charge is 0.324 e. The van der Waals surface area contributed by atoms with Gasteiger partial charge in [0.2, 0.25) is 11.8 Å². The lowest BCUT2D eigenvalue weighted by molar-refractivity contribution is -0.150. The van der Waals surface area contributed by atoms with Crippen LogP contribution in [0.4, 0.5) is 0 Å². The summed E-state index contributed by atoms with van der Waals surface area (Å²) in [6.45, 7) is 3.78. The first-order valence-electron chi connectivity index (χ1n) is 8.40. The highest BCUT2D eigenvalue weighted by atomic mass is 79.9. The van der Waals surface area contributed by atoms with E-state index in [9.17, 15) is 19.5 Å². The fraction of sp³-hybridized carbons (Fsp3) is 0.500. The molecular formula is C18H21BrN2O5. The fourth-order valence-electron chi connectivity index (χ4n) is 4.26. The van der Waals surface area contributed by atoms with Gasteiger partial charge in [0.25, 0.3) is 0 Å². The number of fused-ring (bicyclic) bond motifs is 1. The van der Waals surface area contributed by atoms with E-state index >= 15 is 0 Å². The molecule has 2 saturated heterocycles. The molecule has 0 bridgehead atoms. The lowest BCUT2D eigenvalue weighted by Gasteiger charge is -2.31. The number of carboxylic acids is 1. The number of imide groups is 1. The first-order chi connectivity index (χ1) is 12.2. The van der Waals surface area contributed by atoms with Crippen LogP contribution in [0.25, 0.3) is 0 Å². The number of nitrogens with one attached hydrogen (secondary N) is 2. The number of methoxy groups -OCH3 is 1. The zero-order valence-electron chi connectivity index (χ0n) is 14.7. The average molecular weight is 425 g/mol. The second kappa shape index (κ2) is 6.66. The molecule has 3 N–H and O–H groups in total. The second-order valence-corrected chi connectivity index (χ2v) is 8.16. The predicted octanol–water partition coefficient (Wildman–Crippen LogP) is 1.86. The van der Waals surface area contributed by atoms with Crippen LogP contribution in [0.2, 0.25) is 0 Å². The van der Waals surface area contributed by atoms with E-state index in [-0.39, 0.29) is 12.3 Å². The van der Waals surface area contributed by atoms with Gasteiger partial charge in [-0.15, -0.1) is 0 Å².